The average Bonchev–Trinajstić information content (AvgIpc) is 2.84. The van der Waals surface area contributed by atoms with E-state index in [4.69, 9.17) is 0 Å². The highest BCUT2D eigenvalue weighted by atomic mass is 16.4. The van der Waals surface area contributed by atoms with Gasteiger partial charge >= 0.3 is 12.0 Å². The largest absolute Gasteiger partial charge is 0.480 e. The molecule has 1 unspecified atom stereocenters. The van der Waals surface area contributed by atoms with Gasteiger partial charge in [-0.25, -0.2) is 14.6 Å². The molecular formula is C13H22N4O3. The lowest BCUT2D eigenvalue weighted by molar-refractivity contribution is -0.141. The van der Waals surface area contributed by atoms with E-state index >= 15 is 0 Å². The Morgan fingerprint density at radius 1 is 1.40 bits per heavy atom. The number of carbonyl (C=O) groups excluding carboxylic acids is 1. The fraction of sp³-hybridized carbons (Fsp3) is 0.615. The highest BCUT2D eigenvalue weighted by Crippen LogP contribution is 2.19. The molecule has 0 fully saturated rings. The van der Waals surface area contributed by atoms with Crippen molar-refractivity contribution in [3.8, 4) is 0 Å². The van der Waals surface area contributed by atoms with Gasteiger partial charge in [0.05, 0.1) is 6.04 Å². The summed E-state index contributed by atoms with van der Waals surface area (Å²) in [4.78, 5) is 30.2. The number of H-pyrrole nitrogens is 1. The van der Waals surface area contributed by atoms with Crippen LogP contribution in [0.2, 0.25) is 0 Å². The van der Waals surface area contributed by atoms with Crippen LogP contribution < -0.4 is 10.6 Å². The zero-order valence-electron chi connectivity index (χ0n) is 12.2. The van der Waals surface area contributed by atoms with E-state index in [-0.39, 0.29) is 6.04 Å². The summed E-state index contributed by atoms with van der Waals surface area (Å²) in [7, 11) is 0. The average molecular weight is 282 g/mol. The monoisotopic (exact) mass is 282 g/mol. The fourth-order valence-electron chi connectivity index (χ4n) is 1.81. The van der Waals surface area contributed by atoms with Crippen molar-refractivity contribution < 1.29 is 14.7 Å². The number of aromatic amines is 1. The van der Waals surface area contributed by atoms with Crippen LogP contribution in [0, 0.1) is 5.41 Å². The van der Waals surface area contributed by atoms with Gasteiger partial charge in [0.25, 0.3) is 0 Å². The number of hydrogen-bond donors (Lipinski definition) is 4. The van der Waals surface area contributed by atoms with Crippen molar-refractivity contribution in [2.24, 2.45) is 5.41 Å². The summed E-state index contributed by atoms with van der Waals surface area (Å²) in [6, 6.07) is -1.76. The normalized spacial score (nSPS) is 14.4. The van der Waals surface area contributed by atoms with Crippen LogP contribution in [0.1, 0.15) is 46.0 Å². The van der Waals surface area contributed by atoms with Crippen molar-refractivity contribution in [1.29, 1.82) is 0 Å². The Bertz CT molecular complexity index is 451. The number of urea groups is 1. The lowest BCUT2D eigenvalue weighted by Gasteiger charge is -2.28. The lowest BCUT2D eigenvalue weighted by atomic mass is 9.87. The lowest BCUT2D eigenvalue weighted by Crippen LogP contribution is -2.52. The molecule has 0 saturated heterocycles. The van der Waals surface area contributed by atoms with Crippen LogP contribution in [-0.4, -0.2) is 33.1 Å². The van der Waals surface area contributed by atoms with Gasteiger partial charge in [0.15, 0.2) is 0 Å². The second kappa shape index (κ2) is 6.40. The topological polar surface area (TPSA) is 107 Å². The number of nitrogens with one attached hydrogen (secondary N) is 3. The number of rotatable bonds is 5. The van der Waals surface area contributed by atoms with E-state index in [0.717, 1.165) is 0 Å². The molecule has 0 aliphatic rings. The first kappa shape index (κ1) is 16.0. The van der Waals surface area contributed by atoms with Crippen LogP contribution in [-0.2, 0) is 4.79 Å². The quantitative estimate of drug-likeness (QED) is 0.658. The number of nitrogens with zero attached hydrogens (tertiary/aromatic N) is 1. The molecule has 4 N–H and O–H groups in total. The number of carboxylic acids is 1. The molecule has 0 saturated carbocycles. The Balaban J connectivity index is 2.68. The van der Waals surface area contributed by atoms with Gasteiger partial charge in [-0.2, -0.15) is 0 Å². The molecule has 0 radical (unpaired) electrons. The number of imidazole rings is 1. The molecule has 1 aromatic heterocycles. The Hall–Kier alpha value is -2.05. The van der Waals surface area contributed by atoms with Crippen molar-refractivity contribution in [3.05, 3.63) is 18.2 Å². The molecule has 2 amide bonds. The van der Waals surface area contributed by atoms with Crippen molar-refractivity contribution >= 4 is 12.0 Å². The number of amides is 2. The molecule has 20 heavy (non-hydrogen) atoms. The third kappa shape index (κ3) is 4.25. The van der Waals surface area contributed by atoms with Crippen LogP contribution in [0.25, 0.3) is 0 Å². The second-order valence-electron chi connectivity index (χ2n) is 5.69. The minimum atomic E-state index is -1.06. The molecule has 7 nitrogen and oxygen atoms in total. The van der Waals surface area contributed by atoms with Crippen LogP contribution in [0.5, 0.6) is 0 Å². The number of carboxylic acid groups (broad SMARTS) is 1. The van der Waals surface area contributed by atoms with Crippen molar-refractivity contribution in [2.75, 3.05) is 0 Å². The van der Waals surface area contributed by atoms with Gasteiger partial charge in [0.1, 0.15) is 11.9 Å². The third-order valence-corrected chi connectivity index (χ3v) is 2.95. The molecule has 1 rings (SSSR count). The first-order chi connectivity index (χ1) is 9.25. The molecule has 112 valence electrons. The van der Waals surface area contributed by atoms with E-state index in [1.165, 1.54) is 0 Å². The van der Waals surface area contributed by atoms with Gasteiger partial charge in [-0.15, -0.1) is 0 Å². The second-order valence-corrected chi connectivity index (χ2v) is 5.69. The van der Waals surface area contributed by atoms with E-state index in [0.29, 0.717) is 12.2 Å². The number of carbonyl (C=O) groups is 2. The van der Waals surface area contributed by atoms with Gasteiger partial charge in [0, 0.05) is 12.4 Å². The van der Waals surface area contributed by atoms with Crippen LogP contribution in [0.15, 0.2) is 12.4 Å². The summed E-state index contributed by atoms with van der Waals surface area (Å²) in [5.41, 5.74) is -0.574. The van der Waals surface area contributed by atoms with Gasteiger partial charge < -0.3 is 20.7 Å². The summed E-state index contributed by atoms with van der Waals surface area (Å²) in [5.74, 6) is -0.413. The predicted octanol–water partition coefficient (Wildman–Crippen LogP) is 1.66. The Morgan fingerprint density at radius 2 is 2.05 bits per heavy atom. The van der Waals surface area contributed by atoms with E-state index < -0.39 is 23.5 Å². The highest BCUT2D eigenvalue weighted by molar-refractivity contribution is 5.83. The molecule has 7 heteroatoms. The molecular weight excluding hydrogens is 260 g/mol. The maximum atomic E-state index is 11.9. The van der Waals surface area contributed by atoms with E-state index in [1.54, 1.807) is 33.2 Å². The van der Waals surface area contributed by atoms with E-state index in [9.17, 15) is 14.7 Å². The number of hydrogen-bond acceptors (Lipinski definition) is 3. The molecule has 1 aromatic rings. The van der Waals surface area contributed by atoms with Gasteiger partial charge in [0.2, 0.25) is 0 Å². The summed E-state index contributed by atoms with van der Waals surface area (Å²) >= 11 is 0. The maximum Gasteiger partial charge on any atom is 0.326 e. The summed E-state index contributed by atoms with van der Waals surface area (Å²) in [6.07, 6.45) is 3.92. The summed E-state index contributed by atoms with van der Waals surface area (Å²) < 4.78 is 0. The standard InChI is InChI=1S/C13H22N4O3/c1-5-8(10-14-6-7-15-10)16-12(20)17-9(11(18)19)13(2,3)4/h6-9H,5H2,1-4H3,(H,14,15)(H,18,19)(H2,16,17,20)/t8?,9-/m1/s1. The van der Waals surface area contributed by atoms with Crippen molar-refractivity contribution in [1.82, 2.24) is 20.6 Å². The minimum absolute atomic E-state index is 0.278. The van der Waals surface area contributed by atoms with Gasteiger partial charge in [-0.1, -0.05) is 27.7 Å². The fourth-order valence-corrected chi connectivity index (χ4v) is 1.81. The Labute approximate surface area is 118 Å². The zero-order chi connectivity index (χ0) is 15.3. The third-order valence-electron chi connectivity index (χ3n) is 2.95. The summed E-state index contributed by atoms with van der Waals surface area (Å²) in [6.45, 7) is 7.19. The minimum Gasteiger partial charge on any atom is -0.480 e. The SMILES string of the molecule is CCC(NC(=O)N[C@H](C(=O)O)C(C)(C)C)c1ncc[nH]1. The number of aliphatic carboxylic acids is 1. The molecule has 0 aromatic carbocycles. The summed E-state index contributed by atoms with van der Waals surface area (Å²) in [5, 5.41) is 14.4. The maximum absolute atomic E-state index is 11.9. The van der Waals surface area contributed by atoms with Crippen LogP contribution in [0.4, 0.5) is 4.79 Å². The van der Waals surface area contributed by atoms with Crippen LogP contribution >= 0.6 is 0 Å². The first-order valence-electron chi connectivity index (χ1n) is 6.54. The molecule has 0 bridgehead atoms. The molecule has 0 spiro atoms. The zero-order valence-corrected chi connectivity index (χ0v) is 12.2. The van der Waals surface area contributed by atoms with Gasteiger partial charge in [-0.3, -0.25) is 0 Å². The smallest absolute Gasteiger partial charge is 0.326 e. The molecule has 1 heterocycles. The molecule has 2 atom stereocenters. The molecule has 0 aliphatic heterocycles. The van der Waals surface area contributed by atoms with E-state index in [2.05, 4.69) is 20.6 Å². The Morgan fingerprint density at radius 3 is 2.45 bits per heavy atom. The van der Waals surface area contributed by atoms with Crippen molar-refractivity contribution in [2.45, 2.75) is 46.2 Å². The molecule has 0 aliphatic carbocycles. The highest BCUT2D eigenvalue weighted by Gasteiger charge is 2.33. The Kier molecular flexibility index (Phi) is 5.12. The van der Waals surface area contributed by atoms with Crippen molar-refractivity contribution in [3.63, 3.8) is 0 Å². The van der Waals surface area contributed by atoms with Crippen LogP contribution in [0.3, 0.4) is 0 Å². The van der Waals surface area contributed by atoms with Gasteiger partial charge in [-0.05, 0) is 11.8 Å². The van der Waals surface area contributed by atoms with E-state index in [1.807, 2.05) is 6.92 Å². The first-order valence-corrected chi connectivity index (χ1v) is 6.54. The number of aromatic nitrogens is 2. The predicted molar refractivity (Wildman–Crippen MR) is 74.2 cm³/mol.